The van der Waals surface area contributed by atoms with E-state index in [1.807, 2.05) is 31.2 Å². The monoisotopic (exact) mass is 428 g/mol. The maximum atomic E-state index is 13.1. The number of hydrogen-bond donors (Lipinski definition) is 0. The molecule has 0 saturated heterocycles. The van der Waals surface area contributed by atoms with Crippen LogP contribution in [-0.2, 0) is 23.0 Å². The number of amides is 1. The van der Waals surface area contributed by atoms with Crippen molar-refractivity contribution >= 4 is 26.9 Å². The molecule has 0 bridgehead atoms. The third kappa shape index (κ3) is 4.13. The Hall–Kier alpha value is -2.64. The lowest BCUT2D eigenvalue weighted by Gasteiger charge is -2.22. The molecule has 0 unspecified atom stereocenters. The highest BCUT2D eigenvalue weighted by atomic mass is 32.2. The zero-order valence-corrected chi connectivity index (χ0v) is 18.9. The molecule has 1 aromatic heterocycles. The van der Waals surface area contributed by atoms with E-state index in [1.165, 1.54) is 23.5 Å². The van der Waals surface area contributed by atoms with Crippen LogP contribution in [0.2, 0.25) is 0 Å². The van der Waals surface area contributed by atoms with Crippen LogP contribution >= 0.6 is 0 Å². The number of sulfonamides is 1. The Morgan fingerprint density at radius 1 is 1.07 bits per heavy atom. The molecule has 0 aliphatic carbocycles. The summed E-state index contributed by atoms with van der Waals surface area (Å²) in [7, 11) is -0.410. The summed E-state index contributed by atoms with van der Waals surface area (Å²) in [4.78, 5) is 14.8. The molecule has 0 atom stereocenters. The van der Waals surface area contributed by atoms with Crippen molar-refractivity contribution in [3.05, 3.63) is 65.4 Å². The van der Waals surface area contributed by atoms with E-state index in [2.05, 4.69) is 0 Å². The molecule has 0 aliphatic rings. The van der Waals surface area contributed by atoms with Crippen LogP contribution in [-0.4, -0.2) is 43.7 Å². The first-order valence-corrected chi connectivity index (χ1v) is 11.4. The predicted molar refractivity (Wildman–Crippen MR) is 118 cm³/mol. The molecule has 3 aromatic rings. The standard InChI is InChI=1S/C23H28N2O4S/c1-6-21-20(19-12-7-8-13-22(19)29-21)15-24(4)23(26)17-10-9-11-18(14-17)30(27,28)25(5)16(2)3/h7-14,16H,6,15H2,1-5H3. The molecule has 7 heteroatoms. The number of benzene rings is 2. The van der Waals surface area contributed by atoms with Gasteiger partial charge in [0.15, 0.2) is 0 Å². The number of nitrogens with zero attached hydrogens (tertiary/aromatic N) is 2. The number of para-hydroxylation sites is 1. The minimum atomic E-state index is -3.66. The Morgan fingerprint density at radius 2 is 1.77 bits per heavy atom. The van der Waals surface area contributed by atoms with Gasteiger partial charge in [0.25, 0.3) is 5.91 Å². The first kappa shape index (κ1) is 22.1. The highest BCUT2D eigenvalue weighted by Gasteiger charge is 2.25. The van der Waals surface area contributed by atoms with Gasteiger partial charge in [-0.3, -0.25) is 4.79 Å². The predicted octanol–water partition coefficient (Wildman–Crippen LogP) is 4.30. The normalized spacial score (nSPS) is 12.1. The van der Waals surface area contributed by atoms with Crippen molar-refractivity contribution in [1.29, 1.82) is 0 Å². The molecule has 3 rings (SSSR count). The summed E-state index contributed by atoms with van der Waals surface area (Å²) in [6, 6.07) is 13.8. The third-order valence-corrected chi connectivity index (χ3v) is 7.36. The topological polar surface area (TPSA) is 70.8 Å². The van der Waals surface area contributed by atoms with Crippen LogP contribution in [0.25, 0.3) is 11.0 Å². The summed E-state index contributed by atoms with van der Waals surface area (Å²) >= 11 is 0. The highest BCUT2D eigenvalue weighted by molar-refractivity contribution is 7.89. The number of rotatable bonds is 7. The number of fused-ring (bicyclic) bond motifs is 1. The second kappa shape index (κ2) is 8.62. The summed E-state index contributed by atoms with van der Waals surface area (Å²) in [5.74, 6) is 0.609. The molecule has 6 nitrogen and oxygen atoms in total. The molecule has 0 fully saturated rings. The zero-order chi connectivity index (χ0) is 22.1. The first-order valence-electron chi connectivity index (χ1n) is 9.99. The van der Waals surface area contributed by atoms with Gasteiger partial charge in [-0.15, -0.1) is 0 Å². The molecule has 0 aliphatic heterocycles. The van der Waals surface area contributed by atoms with Crippen LogP contribution in [0.15, 0.2) is 57.8 Å². The molecule has 0 radical (unpaired) electrons. The van der Waals surface area contributed by atoms with Gasteiger partial charge in [-0.2, -0.15) is 4.31 Å². The van der Waals surface area contributed by atoms with Gasteiger partial charge in [0.05, 0.1) is 4.90 Å². The van der Waals surface area contributed by atoms with Gasteiger partial charge in [0.1, 0.15) is 11.3 Å². The van der Waals surface area contributed by atoms with Gasteiger partial charge >= 0.3 is 0 Å². The fourth-order valence-electron chi connectivity index (χ4n) is 3.37. The van der Waals surface area contributed by atoms with Gasteiger partial charge in [-0.05, 0) is 38.1 Å². The number of carbonyl (C=O) groups is 1. The lowest BCUT2D eigenvalue weighted by molar-refractivity contribution is 0.0785. The zero-order valence-electron chi connectivity index (χ0n) is 18.0. The molecule has 1 amide bonds. The lowest BCUT2D eigenvalue weighted by atomic mass is 10.1. The Morgan fingerprint density at radius 3 is 2.43 bits per heavy atom. The van der Waals surface area contributed by atoms with Crippen molar-refractivity contribution in [2.24, 2.45) is 0 Å². The van der Waals surface area contributed by atoms with Crippen molar-refractivity contribution in [2.75, 3.05) is 14.1 Å². The fourth-order valence-corrected chi connectivity index (χ4v) is 4.79. The Balaban J connectivity index is 1.89. The van der Waals surface area contributed by atoms with Crippen molar-refractivity contribution < 1.29 is 17.6 Å². The smallest absolute Gasteiger partial charge is 0.253 e. The van der Waals surface area contributed by atoms with E-state index < -0.39 is 10.0 Å². The average molecular weight is 429 g/mol. The van der Waals surface area contributed by atoms with Crippen LogP contribution in [0.1, 0.15) is 42.5 Å². The minimum Gasteiger partial charge on any atom is -0.461 e. The van der Waals surface area contributed by atoms with Gasteiger partial charge in [-0.25, -0.2) is 8.42 Å². The number of hydrogen-bond acceptors (Lipinski definition) is 4. The average Bonchev–Trinajstić information content (AvgIpc) is 3.10. The number of carbonyl (C=O) groups excluding carboxylic acids is 1. The summed E-state index contributed by atoms with van der Waals surface area (Å²) < 4.78 is 32.8. The maximum absolute atomic E-state index is 13.1. The second-order valence-electron chi connectivity index (χ2n) is 7.66. The molecule has 160 valence electrons. The number of furan rings is 1. The van der Waals surface area contributed by atoms with Crippen LogP contribution in [0, 0.1) is 0 Å². The van der Waals surface area contributed by atoms with Crippen molar-refractivity contribution in [2.45, 2.75) is 44.7 Å². The first-order chi connectivity index (χ1) is 14.2. The molecule has 0 N–H and O–H groups in total. The number of aryl methyl sites for hydroxylation is 1. The Labute approximate surface area is 178 Å². The van der Waals surface area contributed by atoms with Gasteiger partial charge in [-0.1, -0.05) is 31.2 Å². The Bertz CT molecular complexity index is 1160. The molecule has 0 spiro atoms. The van der Waals surface area contributed by atoms with E-state index in [9.17, 15) is 13.2 Å². The van der Waals surface area contributed by atoms with E-state index in [4.69, 9.17) is 4.42 Å². The molecule has 0 saturated carbocycles. The maximum Gasteiger partial charge on any atom is 0.253 e. The summed E-state index contributed by atoms with van der Waals surface area (Å²) in [5, 5.41) is 0.990. The third-order valence-electron chi connectivity index (χ3n) is 5.33. The molecule has 1 heterocycles. The van der Waals surface area contributed by atoms with E-state index >= 15 is 0 Å². The van der Waals surface area contributed by atoms with E-state index in [0.717, 1.165) is 28.7 Å². The van der Waals surface area contributed by atoms with E-state index in [0.29, 0.717) is 12.1 Å². The van der Waals surface area contributed by atoms with E-state index in [-0.39, 0.29) is 16.8 Å². The Kier molecular flexibility index (Phi) is 6.33. The SMILES string of the molecule is CCc1oc2ccccc2c1CN(C)C(=O)c1cccc(S(=O)(=O)N(C)C(C)C)c1. The quantitative estimate of drug-likeness (QED) is 0.563. The van der Waals surface area contributed by atoms with Crippen molar-refractivity contribution in [1.82, 2.24) is 9.21 Å². The van der Waals surface area contributed by atoms with Crippen molar-refractivity contribution in [3.63, 3.8) is 0 Å². The van der Waals surface area contributed by atoms with Crippen LogP contribution < -0.4 is 0 Å². The minimum absolute atomic E-state index is 0.112. The summed E-state index contributed by atoms with van der Waals surface area (Å²) in [6.07, 6.45) is 0.724. The van der Waals surface area contributed by atoms with Gasteiger partial charge in [0.2, 0.25) is 10.0 Å². The largest absolute Gasteiger partial charge is 0.461 e. The van der Waals surface area contributed by atoms with E-state index in [1.54, 1.807) is 37.9 Å². The fraction of sp³-hybridized carbons (Fsp3) is 0.348. The summed E-state index contributed by atoms with van der Waals surface area (Å²) in [6.45, 7) is 6.01. The second-order valence-corrected chi connectivity index (χ2v) is 9.66. The highest BCUT2D eigenvalue weighted by Crippen LogP contribution is 2.28. The molecule has 30 heavy (non-hydrogen) atoms. The molecular weight excluding hydrogens is 400 g/mol. The van der Waals surface area contributed by atoms with Gasteiger partial charge < -0.3 is 9.32 Å². The van der Waals surface area contributed by atoms with Crippen LogP contribution in [0.4, 0.5) is 0 Å². The molecule has 2 aromatic carbocycles. The van der Waals surface area contributed by atoms with Crippen LogP contribution in [0.5, 0.6) is 0 Å². The van der Waals surface area contributed by atoms with Crippen LogP contribution in [0.3, 0.4) is 0 Å². The lowest BCUT2D eigenvalue weighted by Crippen LogP contribution is -2.33. The summed E-state index contributed by atoms with van der Waals surface area (Å²) in [5.41, 5.74) is 2.11. The van der Waals surface area contributed by atoms with Gasteiger partial charge in [0, 0.05) is 49.6 Å². The van der Waals surface area contributed by atoms with Crippen molar-refractivity contribution in [3.8, 4) is 0 Å². The molecular formula is C23H28N2O4S.